The van der Waals surface area contributed by atoms with Gasteiger partial charge in [0.2, 0.25) is 0 Å². The van der Waals surface area contributed by atoms with Crippen LogP contribution < -0.4 is 0 Å². The SMILES string of the molecule is CCOC(=O)C1CC1c1ccccc1. The van der Waals surface area contributed by atoms with Crippen LogP contribution in [0.1, 0.15) is 24.8 Å². The second-order valence-corrected chi connectivity index (χ2v) is 3.61. The van der Waals surface area contributed by atoms with E-state index in [1.807, 2.05) is 25.1 Å². The first kappa shape index (κ1) is 9.25. The number of carbonyl (C=O) groups is 1. The lowest BCUT2D eigenvalue weighted by Gasteiger charge is -2.00. The molecular formula is C12H14O2. The van der Waals surface area contributed by atoms with Gasteiger partial charge in [0.1, 0.15) is 0 Å². The molecule has 0 saturated heterocycles. The number of carbonyl (C=O) groups excluding carboxylic acids is 1. The van der Waals surface area contributed by atoms with Gasteiger partial charge >= 0.3 is 5.97 Å². The molecule has 1 aromatic carbocycles. The largest absolute Gasteiger partial charge is 0.466 e. The molecular weight excluding hydrogens is 176 g/mol. The molecule has 1 fully saturated rings. The second kappa shape index (κ2) is 3.82. The highest BCUT2D eigenvalue weighted by molar-refractivity contribution is 5.77. The van der Waals surface area contributed by atoms with E-state index in [1.165, 1.54) is 5.56 Å². The van der Waals surface area contributed by atoms with E-state index in [0.29, 0.717) is 12.5 Å². The summed E-state index contributed by atoms with van der Waals surface area (Å²) in [6.07, 6.45) is 0.947. The Balaban J connectivity index is 1.96. The fraction of sp³-hybridized carbons (Fsp3) is 0.417. The Morgan fingerprint density at radius 2 is 2.14 bits per heavy atom. The van der Waals surface area contributed by atoms with E-state index < -0.39 is 0 Å². The first-order valence-electron chi connectivity index (χ1n) is 5.04. The lowest BCUT2D eigenvalue weighted by Crippen LogP contribution is -2.07. The summed E-state index contributed by atoms with van der Waals surface area (Å²) in [5, 5.41) is 0. The second-order valence-electron chi connectivity index (χ2n) is 3.61. The molecule has 0 aliphatic heterocycles. The summed E-state index contributed by atoms with van der Waals surface area (Å²) in [5.74, 6) is 0.467. The fourth-order valence-electron chi connectivity index (χ4n) is 1.77. The molecule has 0 amide bonds. The maximum Gasteiger partial charge on any atom is 0.309 e. The van der Waals surface area contributed by atoms with Gasteiger partial charge in [0.05, 0.1) is 12.5 Å². The highest BCUT2D eigenvalue weighted by atomic mass is 16.5. The number of hydrogen-bond acceptors (Lipinski definition) is 2. The average molecular weight is 190 g/mol. The summed E-state index contributed by atoms with van der Waals surface area (Å²) in [6.45, 7) is 2.33. The van der Waals surface area contributed by atoms with Crippen molar-refractivity contribution in [3.8, 4) is 0 Å². The number of rotatable bonds is 3. The summed E-state index contributed by atoms with van der Waals surface area (Å²) in [4.78, 5) is 11.4. The quantitative estimate of drug-likeness (QED) is 0.684. The van der Waals surface area contributed by atoms with Crippen molar-refractivity contribution in [2.75, 3.05) is 6.61 Å². The van der Waals surface area contributed by atoms with Crippen LogP contribution in [0.3, 0.4) is 0 Å². The molecule has 2 unspecified atom stereocenters. The van der Waals surface area contributed by atoms with Gasteiger partial charge in [0.25, 0.3) is 0 Å². The minimum Gasteiger partial charge on any atom is -0.466 e. The zero-order chi connectivity index (χ0) is 9.97. The van der Waals surface area contributed by atoms with Crippen LogP contribution in [-0.4, -0.2) is 12.6 Å². The molecule has 1 saturated carbocycles. The van der Waals surface area contributed by atoms with E-state index in [2.05, 4.69) is 12.1 Å². The van der Waals surface area contributed by atoms with Gasteiger partial charge in [0, 0.05) is 0 Å². The third-order valence-corrected chi connectivity index (χ3v) is 2.61. The van der Waals surface area contributed by atoms with Gasteiger partial charge in [0.15, 0.2) is 0 Å². The molecule has 0 N–H and O–H groups in total. The highest BCUT2D eigenvalue weighted by Crippen LogP contribution is 2.47. The van der Waals surface area contributed by atoms with Crippen LogP contribution >= 0.6 is 0 Å². The Morgan fingerprint density at radius 3 is 2.79 bits per heavy atom. The number of esters is 1. The molecule has 2 atom stereocenters. The van der Waals surface area contributed by atoms with Gasteiger partial charge in [-0.05, 0) is 24.8 Å². The van der Waals surface area contributed by atoms with Gasteiger partial charge in [-0.15, -0.1) is 0 Å². The summed E-state index contributed by atoms with van der Waals surface area (Å²) >= 11 is 0. The Kier molecular flexibility index (Phi) is 2.53. The van der Waals surface area contributed by atoms with Crippen molar-refractivity contribution in [2.24, 2.45) is 5.92 Å². The maximum atomic E-state index is 11.4. The van der Waals surface area contributed by atoms with Crippen molar-refractivity contribution in [1.82, 2.24) is 0 Å². The summed E-state index contributed by atoms with van der Waals surface area (Å²) in [6, 6.07) is 10.2. The molecule has 0 heterocycles. The fourth-order valence-corrected chi connectivity index (χ4v) is 1.77. The Hall–Kier alpha value is -1.31. The van der Waals surface area contributed by atoms with Crippen molar-refractivity contribution < 1.29 is 9.53 Å². The van der Waals surface area contributed by atoms with E-state index in [-0.39, 0.29) is 11.9 Å². The van der Waals surface area contributed by atoms with E-state index >= 15 is 0 Å². The van der Waals surface area contributed by atoms with Crippen molar-refractivity contribution >= 4 is 5.97 Å². The molecule has 1 aromatic rings. The molecule has 1 aliphatic carbocycles. The summed E-state index contributed by atoms with van der Waals surface area (Å²) < 4.78 is 4.98. The van der Waals surface area contributed by atoms with Gasteiger partial charge in [-0.25, -0.2) is 0 Å². The predicted molar refractivity (Wildman–Crippen MR) is 53.9 cm³/mol. The summed E-state index contributed by atoms with van der Waals surface area (Å²) in [7, 11) is 0. The van der Waals surface area contributed by atoms with Gasteiger partial charge in [-0.1, -0.05) is 30.3 Å². The van der Waals surface area contributed by atoms with Crippen LogP contribution in [-0.2, 0) is 9.53 Å². The molecule has 2 rings (SSSR count). The molecule has 0 bridgehead atoms. The van der Waals surface area contributed by atoms with Crippen LogP contribution in [0.25, 0.3) is 0 Å². The highest BCUT2D eigenvalue weighted by Gasteiger charge is 2.44. The monoisotopic (exact) mass is 190 g/mol. The Labute approximate surface area is 83.9 Å². The van der Waals surface area contributed by atoms with Crippen LogP contribution in [0.2, 0.25) is 0 Å². The third-order valence-electron chi connectivity index (χ3n) is 2.61. The standard InChI is InChI=1S/C12H14O2/c1-2-14-12(13)11-8-10(11)9-6-4-3-5-7-9/h3-7,10-11H,2,8H2,1H3. The van der Waals surface area contributed by atoms with E-state index in [9.17, 15) is 4.79 Å². The van der Waals surface area contributed by atoms with Crippen molar-refractivity contribution in [3.05, 3.63) is 35.9 Å². The van der Waals surface area contributed by atoms with Crippen LogP contribution in [0.15, 0.2) is 30.3 Å². The van der Waals surface area contributed by atoms with Crippen molar-refractivity contribution in [3.63, 3.8) is 0 Å². The van der Waals surface area contributed by atoms with Crippen molar-refractivity contribution in [2.45, 2.75) is 19.3 Å². The zero-order valence-corrected chi connectivity index (χ0v) is 8.27. The van der Waals surface area contributed by atoms with E-state index in [1.54, 1.807) is 0 Å². The first-order chi connectivity index (χ1) is 6.83. The molecule has 0 spiro atoms. The lowest BCUT2D eigenvalue weighted by molar-refractivity contribution is -0.144. The normalized spacial score (nSPS) is 24.4. The Morgan fingerprint density at radius 1 is 1.43 bits per heavy atom. The van der Waals surface area contributed by atoms with Gasteiger partial charge in [-0.3, -0.25) is 4.79 Å². The lowest BCUT2D eigenvalue weighted by atomic mass is 10.1. The molecule has 1 aliphatic rings. The number of ether oxygens (including phenoxy) is 1. The topological polar surface area (TPSA) is 26.3 Å². The molecule has 2 nitrogen and oxygen atoms in total. The number of benzene rings is 1. The number of hydrogen-bond donors (Lipinski definition) is 0. The van der Waals surface area contributed by atoms with Crippen LogP contribution in [0.5, 0.6) is 0 Å². The third kappa shape index (κ3) is 1.79. The van der Waals surface area contributed by atoms with Gasteiger partial charge in [-0.2, -0.15) is 0 Å². The molecule has 2 heteroatoms. The minimum atomic E-state index is -0.0404. The first-order valence-corrected chi connectivity index (χ1v) is 5.04. The predicted octanol–water partition coefficient (Wildman–Crippen LogP) is 2.35. The van der Waals surface area contributed by atoms with Crippen LogP contribution in [0, 0.1) is 5.92 Å². The zero-order valence-electron chi connectivity index (χ0n) is 8.27. The minimum absolute atomic E-state index is 0.0404. The summed E-state index contributed by atoms with van der Waals surface area (Å²) in [5.41, 5.74) is 1.26. The van der Waals surface area contributed by atoms with Crippen molar-refractivity contribution in [1.29, 1.82) is 0 Å². The van der Waals surface area contributed by atoms with Crippen LogP contribution in [0.4, 0.5) is 0 Å². The van der Waals surface area contributed by atoms with E-state index in [4.69, 9.17) is 4.74 Å². The average Bonchev–Trinajstić information content (AvgIpc) is 2.99. The molecule has 0 aromatic heterocycles. The Bertz CT molecular complexity index is 318. The molecule has 0 radical (unpaired) electrons. The molecule has 14 heavy (non-hydrogen) atoms. The van der Waals surface area contributed by atoms with Gasteiger partial charge < -0.3 is 4.74 Å². The van der Waals surface area contributed by atoms with E-state index in [0.717, 1.165) is 6.42 Å². The maximum absolute atomic E-state index is 11.4. The smallest absolute Gasteiger partial charge is 0.309 e. The molecule has 74 valence electrons.